The molecule has 0 saturated carbocycles. The number of carbonyl (C=O) groups is 1. The van der Waals surface area contributed by atoms with Gasteiger partial charge in [-0.1, -0.05) is 17.7 Å². The van der Waals surface area contributed by atoms with E-state index in [1.54, 1.807) is 13.1 Å². The first kappa shape index (κ1) is 20.7. The molecule has 0 bridgehead atoms. The van der Waals surface area contributed by atoms with E-state index in [9.17, 15) is 14.3 Å². The Bertz CT molecular complexity index is 913. The number of amides is 1. The molecule has 1 aromatic carbocycles. The largest absolute Gasteiger partial charge is 0.386 e. The normalized spacial score (nSPS) is 13.1. The van der Waals surface area contributed by atoms with Gasteiger partial charge in [0.05, 0.1) is 19.0 Å². The maximum atomic E-state index is 14.0. The number of benzene rings is 1. The Labute approximate surface area is 175 Å². The molecule has 0 aliphatic carbocycles. The smallest absolute Gasteiger partial charge is 0.225 e. The summed E-state index contributed by atoms with van der Waals surface area (Å²) < 4.78 is 14.0. The van der Waals surface area contributed by atoms with E-state index in [2.05, 4.69) is 15.6 Å². The van der Waals surface area contributed by atoms with Gasteiger partial charge in [0.25, 0.3) is 0 Å². The van der Waals surface area contributed by atoms with E-state index in [0.29, 0.717) is 6.54 Å². The van der Waals surface area contributed by atoms with Gasteiger partial charge in [-0.15, -0.1) is 22.7 Å². The number of carbonyl (C=O) groups excluding carboxylic acids is 1. The van der Waals surface area contributed by atoms with Crippen molar-refractivity contribution in [2.24, 2.45) is 0 Å². The number of nitrogens with one attached hydrogen (secondary N) is 2. The molecule has 3 aromatic rings. The van der Waals surface area contributed by atoms with Crippen molar-refractivity contribution in [2.75, 3.05) is 5.32 Å². The van der Waals surface area contributed by atoms with Gasteiger partial charge in [0.1, 0.15) is 11.9 Å². The van der Waals surface area contributed by atoms with Gasteiger partial charge in [-0.2, -0.15) is 0 Å². The fourth-order valence-electron chi connectivity index (χ4n) is 2.67. The zero-order chi connectivity index (χ0) is 20.1. The predicted molar refractivity (Wildman–Crippen MR) is 111 cm³/mol. The van der Waals surface area contributed by atoms with E-state index in [4.69, 9.17) is 11.6 Å². The van der Waals surface area contributed by atoms with E-state index in [1.165, 1.54) is 40.9 Å². The fourth-order valence-corrected chi connectivity index (χ4v) is 4.43. The Hall–Kier alpha value is -2.00. The zero-order valence-electron chi connectivity index (χ0n) is 15.0. The summed E-state index contributed by atoms with van der Waals surface area (Å²) in [4.78, 5) is 18.5. The molecule has 9 heteroatoms. The van der Waals surface area contributed by atoms with E-state index in [-0.39, 0.29) is 22.9 Å². The summed E-state index contributed by atoms with van der Waals surface area (Å²) in [6.45, 7) is 2.25. The van der Waals surface area contributed by atoms with E-state index in [1.807, 2.05) is 17.5 Å². The van der Waals surface area contributed by atoms with Gasteiger partial charge >= 0.3 is 0 Å². The Morgan fingerprint density at radius 3 is 2.82 bits per heavy atom. The van der Waals surface area contributed by atoms with Gasteiger partial charge < -0.3 is 15.7 Å². The first-order valence-electron chi connectivity index (χ1n) is 8.56. The van der Waals surface area contributed by atoms with Crippen LogP contribution in [0.3, 0.4) is 0 Å². The number of thiophene rings is 1. The van der Waals surface area contributed by atoms with Crippen LogP contribution in [0.25, 0.3) is 0 Å². The maximum Gasteiger partial charge on any atom is 0.225 e. The Morgan fingerprint density at radius 2 is 2.11 bits per heavy atom. The van der Waals surface area contributed by atoms with Crippen molar-refractivity contribution >= 4 is 45.3 Å². The zero-order valence-corrected chi connectivity index (χ0v) is 17.4. The molecule has 2 aromatic heterocycles. The molecule has 0 saturated heterocycles. The molecule has 0 aliphatic heterocycles. The van der Waals surface area contributed by atoms with Gasteiger partial charge in [-0.05, 0) is 31.2 Å². The van der Waals surface area contributed by atoms with Crippen molar-refractivity contribution in [3.63, 3.8) is 0 Å². The summed E-state index contributed by atoms with van der Waals surface area (Å²) in [7, 11) is 0. The summed E-state index contributed by atoms with van der Waals surface area (Å²) in [5.74, 6) is -0.850. The molecule has 3 rings (SSSR count). The van der Waals surface area contributed by atoms with Crippen LogP contribution in [0.15, 0.2) is 41.9 Å². The fraction of sp³-hybridized carbons (Fsp3) is 0.263. The Balaban J connectivity index is 1.53. The lowest BCUT2D eigenvalue weighted by Gasteiger charge is -2.21. The number of aliphatic hydroxyl groups excluding tert-OH is 1. The third-order valence-corrected chi connectivity index (χ3v) is 6.20. The van der Waals surface area contributed by atoms with Crippen LogP contribution in [-0.4, -0.2) is 22.0 Å². The van der Waals surface area contributed by atoms with Crippen molar-refractivity contribution in [3.8, 4) is 0 Å². The number of nitrogens with zero attached hydrogens (tertiary/aromatic N) is 1. The highest BCUT2D eigenvalue weighted by Crippen LogP contribution is 2.28. The second-order valence-corrected chi connectivity index (χ2v) is 8.73. The van der Waals surface area contributed by atoms with Gasteiger partial charge in [0.2, 0.25) is 5.91 Å². The molecule has 0 radical (unpaired) electrons. The molecule has 1 amide bonds. The van der Waals surface area contributed by atoms with Crippen molar-refractivity contribution in [1.82, 2.24) is 10.3 Å². The number of thiazole rings is 1. The highest BCUT2D eigenvalue weighted by molar-refractivity contribution is 7.13. The maximum absolute atomic E-state index is 14.0. The lowest BCUT2D eigenvalue weighted by molar-refractivity contribution is -0.121. The third kappa shape index (κ3) is 5.29. The molecule has 0 fully saturated rings. The molecular weight excluding hydrogens is 421 g/mol. The molecule has 2 unspecified atom stereocenters. The van der Waals surface area contributed by atoms with E-state index in [0.717, 1.165) is 14.9 Å². The predicted octanol–water partition coefficient (Wildman–Crippen LogP) is 4.39. The first-order chi connectivity index (χ1) is 13.4. The summed E-state index contributed by atoms with van der Waals surface area (Å²) in [6, 6.07) is 7.38. The first-order valence-corrected chi connectivity index (χ1v) is 10.6. The van der Waals surface area contributed by atoms with Crippen LogP contribution < -0.4 is 10.6 Å². The van der Waals surface area contributed by atoms with Gasteiger partial charge in [-0.3, -0.25) is 4.79 Å². The minimum atomic E-state index is -1.24. The Morgan fingerprint density at radius 1 is 1.32 bits per heavy atom. The van der Waals surface area contributed by atoms with E-state index < -0.39 is 18.0 Å². The molecule has 0 aliphatic rings. The summed E-state index contributed by atoms with van der Waals surface area (Å²) in [5.41, 5.74) is -0.0105. The van der Waals surface area contributed by atoms with Crippen LogP contribution in [0.4, 0.5) is 9.52 Å². The number of hydrogen-bond donors (Lipinski definition) is 3. The van der Waals surface area contributed by atoms with Gasteiger partial charge in [-0.25, -0.2) is 9.37 Å². The monoisotopic (exact) mass is 439 g/mol. The van der Waals surface area contributed by atoms with Crippen molar-refractivity contribution in [1.29, 1.82) is 0 Å². The number of hydrogen-bond acceptors (Lipinski definition) is 6. The molecular formula is C19H19ClFN3O2S2. The molecule has 148 valence electrons. The summed E-state index contributed by atoms with van der Waals surface area (Å²) >= 11 is 9.04. The number of rotatable bonds is 8. The molecule has 3 N–H and O–H groups in total. The van der Waals surface area contributed by atoms with Crippen LogP contribution in [0.2, 0.25) is 5.02 Å². The topological polar surface area (TPSA) is 74.2 Å². The van der Waals surface area contributed by atoms with Crippen LogP contribution in [-0.2, 0) is 17.8 Å². The van der Waals surface area contributed by atoms with Crippen LogP contribution >= 0.6 is 34.3 Å². The van der Waals surface area contributed by atoms with Gasteiger partial charge in [0.15, 0.2) is 5.13 Å². The number of anilines is 1. The molecule has 5 nitrogen and oxygen atoms in total. The lowest BCUT2D eigenvalue weighted by Crippen LogP contribution is -2.38. The van der Waals surface area contributed by atoms with E-state index >= 15 is 0 Å². The van der Waals surface area contributed by atoms with Crippen LogP contribution in [0.1, 0.15) is 28.3 Å². The SMILES string of the molecule is CC(NC(=O)Cc1ccc(CNc2nccs2)s1)C(O)c1c(F)cccc1Cl. The average molecular weight is 440 g/mol. The third-order valence-electron chi connectivity index (χ3n) is 4.06. The minimum absolute atomic E-state index is 0.0105. The second kappa shape index (κ2) is 9.47. The van der Waals surface area contributed by atoms with Crippen LogP contribution in [0, 0.1) is 5.82 Å². The lowest BCUT2D eigenvalue weighted by atomic mass is 10.0. The highest BCUT2D eigenvalue weighted by atomic mass is 35.5. The average Bonchev–Trinajstić information content (AvgIpc) is 3.31. The minimum Gasteiger partial charge on any atom is -0.386 e. The van der Waals surface area contributed by atoms with Gasteiger partial charge in [0, 0.05) is 31.9 Å². The molecule has 2 heterocycles. The standard InChI is InChI=1S/C19H19ClFN3O2S2/c1-11(18(26)17-14(20)3-2-4-15(17)21)24-16(25)9-12-5-6-13(28-12)10-23-19-22-7-8-27-19/h2-8,11,18,26H,9-10H2,1H3,(H,22,23)(H,24,25). The van der Waals surface area contributed by atoms with Crippen LogP contribution in [0.5, 0.6) is 0 Å². The molecule has 2 atom stereocenters. The Kier molecular flexibility index (Phi) is 7.01. The number of halogens is 2. The number of aliphatic hydroxyl groups is 1. The quantitative estimate of drug-likeness (QED) is 0.486. The van der Waals surface area contributed by atoms with Crippen molar-refractivity contribution in [3.05, 3.63) is 68.1 Å². The van der Waals surface area contributed by atoms with Crippen molar-refractivity contribution < 1.29 is 14.3 Å². The molecule has 28 heavy (non-hydrogen) atoms. The van der Waals surface area contributed by atoms with Crippen molar-refractivity contribution in [2.45, 2.75) is 32.0 Å². The molecule has 0 spiro atoms. The summed E-state index contributed by atoms with van der Waals surface area (Å²) in [6.07, 6.45) is 0.685. The second-order valence-electron chi connectivity index (χ2n) is 6.17. The number of aromatic nitrogens is 1. The summed E-state index contributed by atoms with van der Waals surface area (Å²) in [5, 5.41) is 19.2. The highest BCUT2D eigenvalue weighted by Gasteiger charge is 2.24.